The normalized spacial score (nSPS) is 10.4. The van der Waals surface area contributed by atoms with Gasteiger partial charge in [0.15, 0.2) is 0 Å². The maximum Gasteiger partial charge on any atom is 0.229 e. The Labute approximate surface area is 141 Å². The van der Waals surface area contributed by atoms with E-state index in [0.29, 0.717) is 18.3 Å². The highest BCUT2D eigenvalue weighted by atomic mass is 16.3. The Morgan fingerprint density at radius 1 is 0.875 bits per heavy atom. The van der Waals surface area contributed by atoms with Crippen LogP contribution in [0.2, 0.25) is 0 Å². The van der Waals surface area contributed by atoms with Gasteiger partial charge in [0.1, 0.15) is 5.82 Å². The summed E-state index contributed by atoms with van der Waals surface area (Å²) in [6.07, 6.45) is 2.59. The minimum Gasteiger partial charge on any atom is -0.395 e. The fourth-order valence-electron chi connectivity index (χ4n) is 2.37. The van der Waals surface area contributed by atoms with Gasteiger partial charge in [-0.25, -0.2) is 4.98 Å². The number of aliphatic hydroxyl groups excluding tert-OH is 1. The van der Waals surface area contributed by atoms with Gasteiger partial charge in [-0.1, -0.05) is 42.5 Å². The van der Waals surface area contributed by atoms with E-state index in [9.17, 15) is 0 Å². The standard InChI is InChI=1S/C19H20N4O/c24-13-12-20-18-10-11-21-19(23-18)22-17-8-6-16(7-9-17)14-15-4-2-1-3-5-15/h1-11,24H,12-14H2,(H2,20,21,22,23). The smallest absolute Gasteiger partial charge is 0.229 e. The molecule has 0 aliphatic heterocycles. The second-order valence-electron chi connectivity index (χ2n) is 5.40. The first-order valence-corrected chi connectivity index (χ1v) is 7.91. The molecule has 24 heavy (non-hydrogen) atoms. The molecule has 0 unspecified atom stereocenters. The number of hydrogen-bond donors (Lipinski definition) is 3. The fraction of sp³-hybridized carbons (Fsp3) is 0.158. The molecule has 5 heteroatoms. The van der Waals surface area contributed by atoms with Crippen molar-refractivity contribution in [3.63, 3.8) is 0 Å². The summed E-state index contributed by atoms with van der Waals surface area (Å²) in [6, 6.07) is 20.4. The van der Waals surface area contributed by atoms with Gasteiger partial charge in [-0.2, -0.15) is 4.98 Å². The number of aromatic nitrogens is 2. The van der Waals surface area contributed by atoms with Crippen LogP contribution in [-0.2, 0) is 6.42 Å². The lowest BCUT2D eigenvalue weighted by atomic mass is 10.1. The molecule has 0 aliphatic rings. The summed E-state index contributed by atoms with van der Waals surface area (Å²) in [5.41, 5.74) is 3.49. The summed E-state index contributed by atoms with van der Waals surface area (Å²) in [5.74, 6) is 1.20. The van der Waals surface area contributed by atoms with E-state index in [4.69, 9.17) is 5.11 Å². The first-order chi connectivity index (χ1) is 11.8. The minimum absolute atomic E-state index is 0.0651. The first kappa shape index (κ1) is 16.0. The molecule has 1 heterocycles. The summed E-state index contributed by atoms with van der Waals surface area (Å²) in [7, 11) is 0. The molecule has 0 spiro atoms. The van der Waals surface area contributed by atoms with Gasteiger partial charge < -0.3 is 15.7 Å². The molecule has 3 aromatic rings. The Kier molecular flexibility index (Phi) is 5.37. The Hall–Kier alpha value is -2.92. The topological polar surface area (TPSA) is 70.1 Å². The third kappa shape index (κ3) is 4.54. The van der Waals surface area contributed by atoms with Crippen molar-refractivity contribution in [3.8, 4) is 0 Å². The second kappa shape index (κ2) is 8.08. The molecular formula is C19H20N4O. The minimum atomic E-state index is 0.0651. The van der Waals surface area contributed by atoms with E-state index in [2.05, 4.69) is 57.0 Å². The van der Waals surface area contributed by atoms with Crippen LogP contribution in [0.4, 0.5) is 17.5 Å². The van der Waals surface area contributed by atoms with Crippen LogP contribution in [0, 0.1) is 0 Å². The van der Waals surface area contributed by atoms with Crippen molar-refractivity contribution in [1.29, 1.82) is 0 Å². The summed E-state index contributed by atoms with van der Waals surface area (Å²) in [4.78, 5) is 8.56. The van der Waals surface area contributed by atoms with Gasteiger partial charge in [0, 0.05) is 18.4 Å². The number of hydrogen-bond acceptors (Lipinski definition) is 5. The highest BCUT2D eigenvalue weighted by Crippen LogP contribution is 2.17. The monoisotopic (exact) mass is 320 g/mol. The third-order valence-electron chi connectivity index (χ3n) is 3.53. The van der Waals surface area contributed by atoms with Gasteiger partial charge in [-0.15, -0.1) is 0 Å². The Morgan fingerprint density at radius 3 is 2.38 bits per heavy atom. The maximum atomic E-state index is 8.84. The van der Waals surface area contributed by atoms with Crippen LogP contribution in [0.25, 0.3) is 0 Å². The number of anilines is 3. The molecule has 0 bridgehead atoms. The van der Waals surface area contributed by atoms with Crippen molar-refractivity contribution in [2.24, 2.45) is 0 Å². The van der Waals surface area contributed by atoms with E-state index in [0.717, 1.165) is 12.1 Å². The van der Waals surface area contributed by atoms with E-state index < -0.39 is 0 Å². The van der Waals surface area contributed by atoms with Crippen molar-refractivity contribution in [2.45, 2.75) is 6.42 Å². The molecule has 1 aromatic heterocycles. The predicted octanol–water partition coefficient (Wildman–Crippen LogP) is 3.22. The van der Waals surface area contributed by atoms with Crippen LogP contribution in [0.1, 0.15) is 11.1 Å². The van der Waals surface area contributed by atoms with E-state index in [1.807, 2.05) is 18.2 Å². The number of nitrogens with one attached hydrogen (secondary N) is 2. The van der Waals surface area contributed by atoms with Crippen LogP contribution < -0.4 is 10.6 Å². The Balaban J connectivity index is 1.64. The van der Waals surface area contributed by atoms with Crippen LogP contribution in [0.15, 0.2) is 66.9 Å². The first-order valence-electron chi connectivity index (χ1n) is 7.91. The number of rotatable bonds is 7. The molecule has 3 rings (SSSR count). The van der Waals surface area contributed by atoms with E-state index in [1.54, 1.807) is 12.3 Å². The molecule has 0 saturated heterocycles. The second-order valence-corrected chi connectivity index (χ2v) is 5.40. The summed E-state index contributed by atoms with van der Waals surface area (Å²) in [5, 5.41) is 15.0. The van der Waals surface area contributed by atoms with Gasteiger partial charge in [0.2, 0.25) is 5.95 Å². The molecule has 0 saturated carbocycles. The maximum absolute atomic E-state index is 8.84. The van der Waals surface area contributed by atoms with Crippen LogP contribution in [-0.4, -0.2) is 28.2 Å². The highest BCUT2D eigenvalue weighted by Gasteiger charge is 2.01. The van der Waals surface area contributed by atoms with Crippen LogP contribution in [0.3, 0.4) is 0 Å². The van der Waals surface area contributed by atoms with E-state index in [-0.39, 0.29) is 6.61 Å². The van der Waals surface area contributed by atoms with Crippen molar-refractivity contribution >= 4 is 17.5 Å². The molecule has 5 nitrogen and oxygen atoms in total. The van der Waals surface area contributed by atoms with E-state index >= 15 is 0 Å². The van der Waals surface area contributed by atoms with Crippen molar-refractivity contribution in [2.75, 3.05) is 23.8 Å². The average Bonchev–Trinajstić information content (AvgIpc) is 2.63. The summed E-state index contributed by atoms with van der Waals surface area (Å²) in [6.45, 7) is 0.528. The summed E-state index contributed by atoms with van der Waals surface area (Å²) < 4.78 is 0. The number of benzene rings is 2. The molecule has 122 valence electrons. The molecular weight excluding hydrogens is 300 g/mol. The van der Waals surface area contributed by atoms with Gasteiger partial charge in [-0.05, 0) is 35.7 Å². The third-order valence-corrected chi connectivity index (χ3v) is 3.53. The zero-order valence-electron chi connectivity index (χ0n) is 13.3. The average molecular weight is 320 g/mol. The quantitative estimate of drug-likeness (QED) is 0.623. The van der Waals surface area contributed by atoms with Gasteiger partial charge >= 0.3 is 0 Å². The zero-order chi connectivity index (χ0) is 16.6. The molecule has 0 aliphatic carbocycles. The van der Waals surface area contributed by atoms with Gasteiger partial charge in [0.25, 0.3) is 0 Å². The molecule has 0 radical (unpaired) electrons. The predicted molar refractivity (Wildman–Crippen MR) is 96.6 cm³/mol. The highest BCUT2D eigenvalue weighted by molar-refractivity contribution is 5.55. The number of nitrogens with zero attached hydrogens (tertiary/aromatic N) is 2. The lowest BCUT2D eigenvalue weighted by molar-refractivity contribution is 0.311. The molecule has 2 aromatic carbocycles. The van der Waals surface area contributed by atoms with Gasteiger partial charge in [-0.3, -0.25) is 0 Å². The van der Waals surface area contributed by atoms with Crippen molar-refractivity contribution in [3.05, 3.63) is 78.0 Å². The molecule has 0 amide bonds. The van der Waals surface area contributed by atoms with Crippen LogP contribution >= 0.6 is 0 Å². The van der Waals surface area contributed by atoms with Gasteiger partial charge in [0.05, 0.1) is 6.61 Å². The lowest BCUT2D eigenvalue weighted by Crippen LogP contribution is -2.08. The SMILES string of the molecule is OCCNc1ccnc(Nc2ccc(Cc3ccccc3)cc2)n1. The van der Waals surface area contributed by atoms with Crippen molar-refractivity contribution in [1.82, 2.24) is 9.97 Å². The summed E-state index contributed by atoms with van der Waals surface area (Å²) >= 11 is 0. The van der Waals surface area contributed by atoms with Crippen LogP contribution in [0.5, 0.6) is 0 Å². The molecule has 3 N–H and O–H groups in total. The molecule has 0 atom stereocenters. The fourth-order valence-corrected chi connectivity index (χ4v) is 2.37. The lowest BCUT2D eigenvalue weighted by Gasteiger charge is -2.08. The Morgan fingerprint density at radius 2 is 1.62 bits per heavy atom. The molecule has 0 fully saturated rings. The zero-order valence-corrected chi connectivity index (χ0v) is 13.3. The number of aliphatic hydroxyl groups is 1. The van der Waals surface area contributed by atoms with E-state index in [1.165, 1.54) is 11.1 Å². The van der Waals surface area contributed by atoms with Crippen molar-refractivity contribution < 1.29 is 5.11 Å². The largest absolute Gasteiger partial charge is 0.395 e. The Bertz CT molecular complexity index is 760.